The highest BCUT2D eigenvalue weighted by Crippen LogP contribution is 1.73. The van der Waals surface area contributed by atoms with Gasteiger partial charge in [-0.3, -0.25) is 0 Å². The van der Waals surface area contributed by atoms with Crippen molar-refractivity contribution in [3.63, 3.8) is 0 Å². The van der Waals surface area contributed by atoms with Gasteiger partial charge in [0.2, 0.25) is 0 Å². The molecular weight excluding hydrogens is 84.1 g/mol. The topological polar surface area (TPSA) is 0 Å². The molecule has 0 amide bonds. The summed E-state index contributed by atoms with van der Waals surface area (Å²) < 4.78 is 0. The highest BCUT2D eigenvalue weighted by atomic mass is 13.6. The Kier molecular flexibility index (Phi) is 39.0. The normalized spacial score (nSPS) is 4.57. The minimum atomic E-state index is 0. The van der Waals surface area contributed by atoms with Crippen LogP contribution >= 0.6 is 0 Å². The van der Waals surface area contributed by atoms with Crippen molar-refractivity contribution in [3.05, 3.63) is 12.2 Å². The van der Waals surface area contributed by atoms with E-state index in [4.69, 9.17) is 0 Å². The van der Waals surface area contributed by atoms with Crippen molar-refractivity contribution in [3.8, 4) is 0 Å². The molecule has 0 saturated heterocycles. The van der Waals surface area contributed by atoms with Crippen LogP contribution in [0.2, 0.25) is 0 Å². The molecule has 46 valence electrons. The van der Waals surface area contributed by atoms with Crippen LogP contribution in [-0.4, -0.2) is 0 Å². The first-order chi connectivity index (χ1) is 2.73. The van der Waals surface area contributed by atoms with Gasteiger partial charge in [-0.15, -0.1) is 6.58 Å². The summed E-state index contributed by atoms with van der Waals surface area (Å²) in [5.74, 6) is 0. The smallest absolute Gasteiger partial charge is 0.0445 e. The summed E-state index contributed by atoms with van der Waals surface area (Å²) in [6.45, 7) is 11.5. The van der Waals surface area contributed by atoms with E-state index in [0.717, 1.165) is 0 Å². The third-order valence-electron chi connectivity index (χ3n) is 0. The summed E-state index contributed by atoms with van der Waals surface area (Å²) >= 11 is 0. The Labute approximate surface area is 48.3 Å². The molecule has 0 atom stereocenters. The molecule has 0 aliphatic rings. The van der Waals surface area contributed by atoms with Crippen molar-refractivity contribution in [1.82, 2.24) is 0 Å². The van der Waals surface area contributed by atoms with Crippen molar-refractivity contribution in [2.45, 2.75) is 35.1 Å². The van der Waals surface area contributed by atoms with Gasteiger partial charge in [-0.25, -0.2) is 0 Å². The number of rotatable bonds is 0. The lowest BCUT2D eigenvalue weighted by atomic mass is 10.4. The highest BCUT2D eigenvalue weighted by Gasteiger charge is 1.51. The molecule has 0 radical (unpaired) electrons. The van der Waals surface area contributed by atoms with Crippen LogP contribution in [0.5, 0.6) is 0 Å². The first-order valence-corrected chi connectivity index (χ1v) is 2.35. The van der Waals surface area contributed by atoms with E-state index in [9.17, 15) is 0 Å². The standard InChI is InChI=1S/C4H8.C2H6.CH4/c1-4(2)3;1-2;/h1H2,2-3H3;1-2H3;1H4. The molecule has 0 heteroatoms. The van der Waals surface area contributed by atoms with Crippen LogP contribution in [0.4, 0.5) is 0 Å². The fourth-order valence-electron chi connectivity index (χ4n) is 0. The third-order valence-corrected chi connectivity index (χ3v) is 0. The molecule has 7 heavy (non-hydrogen) atoms. The van der Waals surface area contributed by atoms with Gasteiger partial charge in [0.15, 0.2) is 0 Å². The molecule has 0 aromatic rings. The van der Waals surface area contributed by atoms with Gasteiger partial charge >= 0.3 is 0 Å². The minimum Gasteiger partial charge on any atom is -0.100 e. The van der Waals surface area contributed by atoms with Gasteiger partial charge in [-0.05, 0) is 13.8 Å². The number of allylic oxidation sites excluding steroid dienone is 1. The molecule has 0 heterocycles. The molecule has 0 N–H and O–H groups in total. The van der Waals surface area contributed by atoms with E-state index in [1.54, 1.807) is 0 Å². The van der Waals surface area contributed by atoms with Crippen LogP contribution in [0.3, 0.4) is 0 Å². The molecule has 0 aromatic heterocycles. The van der Waals surface area contributed by atoms with Gasteiger partial charge < -0.3 is 0 Å². The number of hydrogen-bond acceptors (Lipinski definition) is 0. The molecule has 0 rings (SSSR count). The second kappa shape index (κ2) is 17.2. The second-order valence-electron chi connectivity index (χ2n) is 1.21. The van der Waals surface area contributed by atoms with Gasteiger partial charge in [0.05, 0.1) is 0 Å². The van der Waals surface area contributed by atoms with Crippen LogP contribution in [0.1, 0.15) is 35.1 Å². The Hall–Kier alpha value is -0.260. The van der Waals surface area contributed by atoms with Crippen molar-refractivity contribution in [2.24, 2.45) is 0 Å². The molecule has 0 unspecified atom stereocenters. The molecule has 0 aliphatic heterocycles. The summed E-state index contributed by atoms with van der Waals surface area (Å²) in [5.41, 5.74) is 1.17. The van der Waals surface area contributed by atoms with E-state index < -0.39 is 0 Å². The SMILES string of the molecule is C.C=C(C)C.CC. The van der Waals surface area contributed by atoms with Gasteiger partial charge in [0.25, 0.3) is 0 Å². The summed E-state index contributed by atoms with van der Waals surface area (Å²) in [4.78, 5) is 0. The van der Waals surface area contributed by atoms with E-state index in [1.807, 2.05) is 27.7 Å². The maximum atomic E-state index is 3.56. The number of hydrogen-bond donors (Lipinski definition) is 0. The lowest BCUT2D eigenvalue weighted by Gasteiger charge is -1.65. The maximum Gasteiger partial charge on any atom is -0.0445 e. The molecule has 0 aromatic carbocycles. The van der Waals surface area contributed by atoms with E-state index in [-0.39, 0.29) is 7.43 Å². The summed E-state index contributed by atoms with van der Waals surface area (Å²) in [7, 11) is 0. The van der Waals surface area contributed by atoms with Crippen LogP contribution in [0.25, 0.3) is 0 Å². The van der Waals surface area contributed by atoms with E-state index in [2.05, 4.69) is 6.58 Å². The Morgan fingerprint density at radius 2 is 1.14 bits per heavy atom. The summed E-state index contributed by atoms with van der Waals surface area (Å²) in [5, 5.41) is 0. The average molecular weight is 102 g/mol. The van der Waals surface area contributed by atoms with Gasteiger partial charge in [-0.1, -0.05) is 26.8 Å². The Balaban J connectivity index is -0.0000000480. The third kappa shape index (κ3) is 1190. The molecule has 0 bridgehead atoms. The van der Waals surface area contributed by atoms with Gasteiger partial charge in [0, 0.05) is 0 Å². The first-order valence-electron chi connectivity index (χ1n) is 2.35. The van der Waals surface area contributed by atoms with E-state index in [1.165, 1.54) is 5.57 Å². The van der Waals surface area contributed by atoms with Crippen molar-refractivity contribution >= 4 is 0 Å². The van der Waals surface area contributed by atoms with Crippen LogP contribution in [0.15, 0.2) is 12.2 Å². The second-order valence-corrected chi connectivity index (χ2v) is 1.21. The molecule has 0 fully saturated rings. The lowest BCUT2D eigenvalue weighted by molar-refractivity contribution is 1.42. The molecule has 0 nitrogen and oxygen atoms in total. The zero-order valence-corrected chi connectivity index (χ0v) is 5.21. The zero-order valence-electron chi connectivity index (χ0n) is 5.21. The van der Waals surface area contributed by atoms with Crippen molar-refractivity contribution in [2.75, 3.05) is 0 Å². The van der Waals surface area contributed by atoms with Gasteiger partial charge in [-0.2, -0.15) is 0 Å². The Morgan fingerprint density at radius 1 is 1.14 bits per heavy atom. The average Bonchev–Trinajstić information content (AvgIpc) is 1.41. The minimum absolute atomic E-state index is 0. The summed E-state index contributed by atoms with van der Waals surface area (Å²) in [6, 6.07) is 0. The Morgan fingerprint density at radius 3 is 1.14 bits per heavy atom. The largest absolute Gasteiger partial charge is 0.100 e. The van der Waals surface area contributed by atoms with Gasteiger partial charge in [0.1, 0.15) is 0 Å². The predicted molar refractivity (Wildman–Crippen MR) is 38.6 cm³/mol. The quantitative estimate of drug-likeness (QED) is 0.412. The fraction of sp³-hybridized carbons (Fsp3) is 0.714. The van der Waals surface area contributed by atoms with Crippen LogP contribution in [-0.2, 0) is 0 Å². The Bertz CT molecular complexity index is 23.0. The van der Waals surface area contributed by atoms with Crippen molar-refractivity contribution < 1.29 is 0 Å². The first kappa shape index (κ1) is 15.9. The summed E-state index contributed by atoms with van der Waals surface area (Å²) in [6.07, 6.45) is 0. The lowest BCUT2D eigenvalue weighted by Crippen LogP contribution is -1.43. The molecule has 0 saturated carbocycles. The maximum absolute atomic E-state index is 3.56. The highest BCUT2D eigenvalue weighted by molar-refractivity contribution is 4.78. The van der Waals surface area contributed by atoms with E-state index in [0.29, 0.717) is 0 Å². The molecule has 0 aliphatic carbocycles. The fourth-order valence-corrected chi connectivity index (χ4v) is 0. The predicted octanol–water partition coefficient (Wildman–Crippen LogP) is 3.24. The monoisotopic (exact) mass is 102 g/mol. The molecular formula is C7H18. The molecule has 0 spiro atoms. The zero-order chi connectivity index (χ0) is 5.58. The van der Waals surface area contributed by atoms with Crippen molar-refractivity contribution in [1.29, 1.82) is 0 Å². The van der Waals surface area contributed by atoms with Crippen LogP contribution < -0.4 is 0 Å². The van der Waals surface area contributed by atoms with Crippen LogP contribution in [0, 0.1) is 0 Å². The van der Waals surface area contributed by atoms with E-state index >= 15 is 0 Å².